The highest BCUT2D eigenvalue weighted by Gasteiger charge is 1.94. The molecule has 0 N–H and O–H groups in total. The molecule has 0 aromatic heterocycles. The van der Waals surface area contributed by atoms with Crippen LogP contribution >= 0.6 is 0 Å². The number of aryl methyl sites for hydroxylation is 2. The van der Waals surface area contributed by atoms with Crippen LogP contribution in [0.15, 0.2) is 54.6 Å². The summed E-state index contributed by atoms with van der Waals surface area (Å²) < 4.78 is 0. The minimum Gasteiger partial charge on any atom is -0.192 e. The Bertz CT molecular complexity index is 495. The van der Waals surface area contributed by atoms with Crippen molar-refractivity contribution in [2.24, 2.45) is 0 Å². The van der Waals surface area contributed by atoms with Gasteiger partial charge in [0.05, 0.1) is 11.6 Å². The van der Waals surface area contributed by atoms with Crippen molar-refractivity contribution in [3.8, 4) is 6.07 Å². The SMILES string of the molecule is C.C.CCC.CCc1ccccc1C#N.Cc1ccccc1. The molecule has 0 fully saturated rings. The monoisotopic (exact) mass is 299 g/mol. The van der Waals surface area contributed by atoms with Crippen LogP contribution in [0.4, 0.5) is 0 Å². The molecule has 0 aliphatic heterocycles. The second kappa shape index (κ2) is 17.0. The molecule has 0 atom stereocenters. The zero-order valence-corrected chi connectivity index (χ0v) is 13.1. The van der Waals surface area contributed by atoms with E-state index in [1.807, 2.05) is 42.5 Å². The first-order valence-electron chi connectivity index (χ1n) is 7.19. The van der Waals surface area contributed by atoms with E-state index in [2.05, 4.69) is 45.9 Å². The van der Waals surface area contributed by atoms with Crippen LogP contribution in [-0.4, -0.2) is 0 Å². The van der Waals surface area contributed by atoms with Crippen LogP contribution in [0.5, 0.6) is 0 Å². The molecule has 0 unspecified atom stereocenters. The van der Waals surface area contributed by atoms with E-state index in [-0.39, 0.29) is 14.9 Å². The van der Waals surface area contributed by atoms with Crippen molar-refractivity contribution in [2.75, 3.05) is 0 Å². The summed E-state index contributed by atoms with van der Waals surface area (Å²) in [7, 11) is 0. The maximum Gasteiger partial charge on any atom is 0.0994 e. The van der Waals surface area contributed by atoms with Gasteiger partial charge in [-0.2, -0.15) is 5.26 Å². The average Bonchev–Trinajstić information content (AvgIpc) is 2.49. The quantitative estimate of drug-likeness (QED) is 0.567. The Hall–Kier alpha value is -2.07. The van der Waals surface area contributed by atoms with Gasteiger partial charge < -0.3 is 0 Å². The first-order valence-corrected chi connectivity index (χ1v) is 7.19. The molecule has 2 rings (SSSR count). The number of rotatable bonds is 1. The molecule has 22 heavy (non-hydrogen) atoms. The summed E-state index contributed by atoms with van der Waals surface area (Å²) >= 11 is 0. The van der Waals surface area contributed by atoms with Gasteiger partial charge in [-0.15, -0.1) is 0 Å². The van der Waals surface area contributed by atoms with E-state index in [1.165, 1.54) is 12.0 Å². The van der Waals surface area contributed by atoms with E-state index in [0.29, 0.717) is 0 Å². The smallest absolute Gasteiger partial charge is 0.0994 e. The summed E-state index contributed by atoms with van der Waals surface area (Å²) in [5.74, 6) is 0. The van der Waals surface area contributed by atoms with Crippen molar-refractivity contribution < 1.29 is 0 Å². The normalized spacial score (nSPS) is 7.59. The van der Waals surface area contributed by atoms with E-state index < -0.39 is 0 Å². The Labute approximate surface area is 138 Å². The fourth-order valence-electron chi connectivity index (χ4n) is 1.47. The van der Waals surface area contributed by atoms with Crippen molar-refractivity contribution in [2.45, 2.75) is 55.4 Å². The molecule has 0 aliphatic rings. The summed E-state index contributed by atoms with van der Waals surface area (Å²) in [6.45, 7) is 8.39. The number of nitrogens with zero attached hydrogens (tertiary/aromatic N) is 1. The summed E-state index contributed by atoms with van der Waals surface area (Å²) in [6.07, 6.45) is 2.18. The van der Waals surface area contributed by atoms with Gasteiger partial charge in [0.25, 0.3) is 0 Å². The number of hydrogen-bond acceptors (Lipinski definition) is 1. The Morgan fingerprint density at radius 3 is 1.59 bits per heavy atom. The minimum absolute atomic E-state index is 0. The first kappa shape index (κ1) is 24.9. The van der Waals surface area contributed by atoms with Crippen LogP contribution in [0.3, 0.4) is 0 Å². The van der Waals surface area contributed by atoms with Crippen LogP contribution < -0.4 is 0 Å². The average molecular weight is 300 g/mol. The molecule has 2 aromatic rings. The summed E-state index contributed by atoms with van der Waals surface area (Å²) in [5, 5.41) is 8.60. The van der Waals surface area contributed by atoms with Crippen molar-refractivity contribution >= 4 is 0 Å². The highest BCUT2D eigenvalue weighted by atomic mass is 14.2. The zero-order chi connectivity index (χ0) is 15.2. The molecule has 0 saturated carbocycles. The number of hydrogen-bond donors (Lipinski definition) is 0. The van der Waals surface area contributed by atoms with Crippen molar-refractivity contribution in [3.63, 3.8) is 0 Å². The lowest BCUT2D eigenvalue weighted by atomic mass is 10.1. The third kappa shape index (κ3) is 11.7. The highest BCUT2D eigenvalue weighted by molar-refractivity contribution is 5.37. The van der Waals surface area contributed by atoms with Gasteiger partial charge in [-0.05, 0) is 25.0 Å². The Balaban J connectivity index is -0.000000267. The molecule has 1 nitrogen and oxygen atoms in total. The Kier molecular flexibility index (Phi) is 19.2. The van der Waals surface area contributed by atoms with Crippen LogP contribution in [0, 0.1) is 18.3 Å². The predicted molar refractivity (Wildman–Crippen MR) is 101 cm³/mol. The third-order valence-electron chi connectivity index (χ3n) is 2.46. The van der Waals surface area contributed by atoms with Gasteiger partial charge in [0.2, 0.25) is 0 Å². The molecule has 122 valence electrons. The van der Waals surface area contributed by atoms with Gasteiger partial charge in [0.15, 0.2) is 0 Å². The van der Waals surface area contributed by atoms with Crippen LogP contribution in [-0.2, 0) is 6.42 Å². The number of nitriles is 1. The zero-order valence-electron chi connectivity index (χ0n) is 13.1. The molecular formula is C21H33N. The molecule has 0 spiro atoms. The first-order chi connectivity index (χ1) is 9.69. The van der Waals surface area contributed by atoms with Gasteiger partial charge in [-0.3, -0.25) is 0 Å². The van der Waals surface area contributed by atoms with Crippen molar-refractivity contribution in [1.82, 2.24) is 0 Å². The van der Waals surface area contributed by atoms with Crippen LogP contribution in [0.2, 0.25) is 0 Å². The van der Waals surface area contributed by atoms with Gasteiger partial charge in [-0.1, -0.05) is 96.1 Å². The van der Waals surface area contributed by atoms with E-state index in [0.717, 1.165) is 17.5 Å². The van der Waals surface area contributed by atoms with E-state index in [1.54, 1.807) is 0 Å². The van der Waals surface area contributed by atoms with Gasteiger partial charge in [-0.25, -0.2) is 0 Å². The fraction of sp³-hybridized carbons (Fsp3) is 0.381. The van der Waals surface area contributed by atoms with Gasteiger partial charge in [0.1, 0.15) is 0 Å². The van der Waals surface area contributed by atoms with E-state index in [9.17, 15) is 0 Å². The second-order valence-corrected chi connectivity index (χ2v) is 4.48. The third-order valence-corrected chi connectivity index (χ3v) is 2.46. The largest absolute Gasteiger partial charge is 0.192 e. The lowest BCUT2D eigenvalue weighted by Gasteiger charge is -1.96. The maximum atomic E-state index is 8.60. The Morgan fingerprint density at radius 1 is 0.818 bits per heavy atom. The summed E-state index contributed by atoms with van der Waals surface area (Å²) in [5.41, 5.74) is 3.25. The molecule has 0 saturated heterocycles. The minimum atomic E-state index is 0. The molecule has 0 radical (unpaired) electrons. The fourth-order valence-corrected chi connectivity index (χ4v) is 1.47. The maximum absolute atomic E-state index is 8.60. The summed E-state index contributed by atoms with van der Waals surface area (Å²) in [4.78, 5) is 0. The second-order valence-electron chi connectivity index (χ2n) is 4.48. The van der Waals surface area contributed by atoms with E-state index >= 15 is 0 Å². The van der Waals surface area contributed by atoms with E-state index in [4.69, 9.17) is 5.26 Å². The highest BCUT2D eigenvalue weighted by Crippen LogP contribution is 2.06. The van der Waals surface area contributed by atoms with Crippen molar-refractivity contribution in [1.29, 1.82) is 5.26 Å². The van der Waals surface area contributed by atoms with Crippen LogP contribution in [0.1, 0.15) is 58.7 Å². The topological polar surface area (TPSA) is 23.8 Å². The molecule has 1 heteroatoms. The molecule has 0 amide bonds. The molecule has 0 aliphatic carbocycles. The Morgan fingerprint density at radius 2 is 1.27 bits per heavy atom. The van der Waals surface area contributed by atoms with Gasteiger partial charge >= 0.3 is 0 Å². The molecule has 0 bridgehead atoms. The summed E-state index contributed by atoms with van der Waals surface area (Å²) in [6, 6.07) is 20.1. The number of benzene rings is 2. The molecule has 2 aromatic carbocycles. The molecular weight excluding hydrogens is 266 g/mol. The lowest BCUT2D eigenvalue weighted by Crippen LogP contribution is -1.84. The molecule has 0 heterocycles. The van der Waals surface area contributed by atoms with Gasteiger partial charge in [0, 0.05) is 0 Å². The lowest BCUT2D eigenvalue weighted by molar-refractivity contribution is 1.09. The van der Waals surface area contributed by atoms with Crippen LogP contribution in [0.25, 0.3) is 0 Å². The van der Waals surface area contributed by atoms with Crippen molar-refractivity contribution in [3.05, 3.63) is 71.3 Å². The predicted octanol–water partition coefficient (Wildman–Crippen LogP) is 6.80. The standard InChI is InChI=1S/C9H9N.C7H8.C3H8.2CH4/c1-2-8-5-3-4-6-9(8)7-10;1-7-5-3-2-4-6-7;1-3-2;;/h3-6H,2H2,1H3;2-6H,1H3;3H2,1-2H3;2*1H4.